The summed E-state index contributed by atoms with van der Waals surface area (Å²) in [6.45, 7) is 5.20. The Labute approximate surface area is 316 Å². The number of nitrogens with zero attached hydrogens (tertiary/aromatic N) is 4. The Morgan fingerprint density at radius 3 is 2.67 bits per heavy atom. The molecule has 17 heteroatoms. The van der Waals surface area contributed by atoms with Gasteiger partial charge in [0.2, 0.25) is 27.7 Å². The van der Waals surface area contributed by atoms with Gasteiger partial charge in [0.15, 0.2) is 5.01 Å². The number of amides is 4. The number of hydrogen-bond acceptors (Lipinski definition) is 11. The number of rotatable bonds is 8. The first kappa shape index (κ1) is 37.8. The summed E-state index contributed by atoms with van der Waals surface area (Å²) >= 11 is 1.20. The summed E-state index contributed by atoms with van der Waals surface area (Å²) in [4.78, 5) is 71.6. The highest BCUT2D eigenvalue weighted by Crippen LogP contribution is 2.47. The van der Waals surface area contributed by atoms with Crippen LogP contribution in [0.5, 0.6) is 5.88 Å². The van der Waals surface area contributed by atoms with Gasteiger partial charge in [0.05, 0.1) is 22.3 Å². The van der Waals surface area contributed by atoms with Crippen molar-refractivity contribution in [2.75, 3.05) is 6.54 Å². The van der Waals surface area contributed by atoms with Gasteiger partial charge in [-0.2, -0.15) is 0 Å². The molecule has 3 aromatic rings. The van der Waals surface area contributed by atoms with Gasteiger partial charge < -0.3 is 20.3 Å². The van der Waals surface area contributed by atoms with Gasteiger partial charge in [0, 0.05) is 29.5 Å². The van der Waals surface area contributed by atoms with E-state index in [1.807, 2.05) is 26.0 Å². The van der Waals surface area contributed by atoms with Crippen LogP contribution in [0.4, 0.5) is 4.39 Å². The number of ether oxygens (including phenoxy) is 1. The van der Waals surface area contributed by atoms with Crippen LogP contribution in [0.25, 0.3) is 11.0 Å². The van der Waals surface area contributed by atoms with Crippen LogP contribution >= 0.6 is 11.3 Å². The molecule has 4 heterocycles. The molecule has 288 valence electrons. The summed E-state index contributed by atoms with van der Waals surface area (Å²) in [6.07, 6.45) is 9.18. The first-order chi connectivity index (χ1) is 25.7. The topological polar surface area (TPSA) is 190 Å². The predicted octanol–water partition coefficient (Wildman–Crippen LogP) is 3.64. The zero-order valence-corrected chi connectivity index (χ0v) is 32.0. The molecule has 2 aromatic heterocycles. The molecule has 3 fully saturated rings. The largest absolute Gasteiger partial charge is 0.471 e. The SMILES string of the molecule is CCc1nc2ccc(F)cc2nc1O[C@@H]1C[C@H]2C(=O)N[C@]3(C(=O)NS(=O)(=O)C4(C)CC4)C[C@H]3/C=C\CCCCC[C@H](NC(=O)c3ncc(C)s3)C(=O)N2C1. The normalized spacial score (nSPS) is 27.4. The lowest BCUT2D eigenvalue weighted by atomic mass is 10.0. The predicted molar refractivity (Wildman–Crippen MR) is 197 cm³/mol. The Kier molecular flexibility index (Phi) is 10.2. The van der Waals surface area contributed by atoms with Gasteiger partial charge in [-0.25, -0.2) is 27.8 Å². The van der Waals surface area contributed by atoms with Gasteiger partial charge in [-0.05, 0) is 70.9 Å². The quantitative estimate of drug-likeness (QED) is 0.285. The van der Waals surface area contributed by atoms with Crippen molar-refractivity contribution in [2.24, 2.45) is 5.92 Å². The smallest absolute Gasteiger partial charge is 0.280 e. The van der Waals surface area contributed by atoms with E-state index in [2.05, 4.69) is 30.3 Å². The lowest BCUT2D eigenvalue weighted by Crippen LogP contribution is -2.58. The van der Waals surface area contributed by atoms with E-state index >= 15 is 0 Å². The van der Waals surface area contributed by atoms with Crippen molar-refractivity contribution < 1.29 is 36.7 Å². The first-order valence-corrected chi connectivity index (χ1v) is 20.7. The fourth-order valence-electron chi connectivity index (χ4n) is 7.16. The maximum absolute atomic E-state index is 14.5. The van der Waals surface area contributed by atoms with Crippen molar-refractivity contribution in [3.63, 3.8) is 0 Å². The summed E-state index contributed by atoms with van der Waals surface area (Å²) in [6, 6.07) is 1.92. The van der Waals surface area contributed by atoms with Gasteiger partial charge >= 0.3 is 0 Å². The minimum Gasteiger partial charge on any atom is -0.471 e. The van der Waals surface area contributed by atoms with Crippen molar-refractivity contribution in [1.29, 1.82) is 0 Å². The highest BCUT2D eigenvalue weighted by molar-refractivity contribution is 7.91. The molecule has 2 aliphatic heterocycles. The molecule has 0 unspecified atom stereocenters. The molecule has 1 aromatic carbocycles. The van der Waals surface area contributed by atoms with Crippen LogP contribution in [-0.4, -0.2) is 86.9 Å². The molecular formula is C37H44FN7O7S2. The number of thiazole rings is 1. The van der Waals surface area contributed by atoms with Crippen molar-refractivity contribution in [2.45, 2.75) is 113 Å². The molecule has 0 spiro atoms. The number of halogens is 1. The first-order valence-electron chi connectivity index (χ1n) is 18.4. The van der Waals surface area contributed by atoms with Gasteiger partial charge in [-0.3, -0.25) is 23.9 Å². The van der Waals surface area contributed by atoms with Crippen LogP contribution in [-0.2, 0) is 30.8 Å². The fourth-order valence-corrected chi connectivity index (χ4v) is 9.14. The maximum atomic E-state index is 14.5. The molecule has 0 radical (unpaired) electrons. The average molecular weight is 782 g/mol. The summed E-state index contributed by atoms with van der Waals surface area (Å²) < 4.78 is 47.9. The highest BCUT2D eigenvalue weighted by Gasteiger charge is 2.63. The van der Waals surface area contributed by atoms with E-state index in [9.17, 15) is 32.0 Å². The van der Waals surface area contributed by atoms with E-state index in [1.54, 1.807) is 13.1 Å². The Hall–Kier alpha value is -4.51. The number of carbonyl (C=O) groups is 4. The highest BCUT2D eigenvalue weighted by atomic mass is 32.2. The monoisotopic (exact) mass is 781 g/mol. The average Bonchev–Trinajstić information content (AvgIpc) is 3.93. The molecule has 2 aliphatic carbocycles. The van der Waals surface area contributed by atoms with Gasteiger partial charge in [-0.1, -0.05) is 31.9 Å². The Morgan fingerprint density at radius 1 is 1.15 bits per heavy atom. The number of fused-ring (bicyclic) bond motifs is 3. The number of sulfonamides is 1. The standard InChI is InChI=1S/C37H44FN7O7S2/c1-4-25-32(42-28-16-23(38)12-13-26(28)40-25)52-24-17-29-30(46)43-37(35(49)44-54(50,51)36(3)14-15-36)18-22(37)10-8-6-5-7-9-11-27(34(48)45(29)20-24)41-31(47)33-39-19-21(2)53-33/h8,10,12-13,16,19,22,24,27,29H,4-7,9,11,14-15,17-18,20H2,1-3H3,(H,41,47)(H,43,46)(H,44,49)/b10-8-/t22-,24-,27+,29+,37-/m1/s1. The third-order valence-corrected chi connectivity index (χ3v) is 13.9. The molecule has 4 amide bonds. The molecular weight excluding hydrogens is 738 g/mol. The summed E-state index contributed by atoms with van der Waals surface area (Å²) in [5, 5.41) is 5.93. The second-order valence-corrected chi connectivity index (χ2v) is 18.4. The lowest BCUT2D eigenvalue weighted by Gasteiger charge is -2.30. The van der Waals surface area contributed by atoms with Crippen LogP contribution in [0, 0.1) is 18.7 Å². The van der Waals surface area contributed by atoms with Gasteiger partial charge in [0.1, 0.15) is 35.2 Å². The third kappa shape index (κ3) is 7.56. The third-order valence-electron chi connectivity index (χ3n) is 10.9. The van der Waals surface area contributed by atoms with Crippen LogP contribution in [0.1, 0.15) is 92.0 Å². The molecule has 2 saturated carbocycles. The van der Waals surface area contributed by atoms with Crippen molar-refractivity contribution in [3.05, 3.63) is 57.9 Å². The van der Waals surface area contributed by atoms with Crippen molar-refractivity contribution in [3.8, 4) is 5.88 Å². The van der Waals surface area contributed by atoms with Crippen molar-refractivity contribution in [1.82, 2.24) is 35.2 Å². The molecule has 5 atom stereocenters. The Morgan fingerprint density at radius 2 is 1.94 bits per heavy atom. The molecule has 0 bridgehead atoms. The summed E-state index contributed by atoms with van der Waals surface area (Å²) in [5.41, 5.74) is -0.274. The van der Waals surface area contributed by atoms with Crippen LogP contribution in [0.2, 0.25) is 0 Å². The zero-order valence-electron chi connectivity index (χ0n) is 30.4. The number of carbonyl (C=O) groups excluding carboxylic acids is 4. The number of nitrogens with one attached hydrogen (secondary N) is 3. The van der Waals surface area contributed by atoms with Crippen LogP contribution < -0.4 is 20.1 Å². The molecule has 7 rings (SSSR count). The second kappa shape index (κ2) is 14.6. The molecule has 14 nitrogen and oxygen atoms in total. The van der Waals surface area contributed by atoms with Gasteiger partial charge in [0.25, 0.3) is 11.8 Å². The Balaban J connectivity index is 1.21. The van der Waals surface area contributed by atoms with E-state index < -0.39 is 73.9 Å². The maximum Gasteiger partial charge on any atom is 0.280 e. The molecule has 54 heavy (non-hydrogen) atoms. The number of aryl methyl sites for hydroxylation is 2. The summed E-state index contributed by atoms with van der Waals surface area (Å²) in [5.74, 6) is -3.30. The van der Waals surface area contributed by atoms with E-state index in [4.69, 9.17) is 4.74 Å². The molecule has 3 N–H and O–H groups in total. The van der Waals surface area contributed by atoms with E-state index in [0.717, 1.165) is 17.7 Å². The van der Waals surface area contributed by atoms with E-state index in [-0.39, 0.29) is 35.8 Å². The second-order valence-electron chi connectivity index (χ2n) is 15.0. The van der Waals surface area contributed by atoms with E-state index in [1.165, 1.54) is 34.4 Å². The minimum atomic E-state index is -4.01. The number of aromatic nitrogens is 3. The minimum absolute atomic E-state index is 0.00941. The molecule has 1 saturated heterocycles. The van der Waals surface area contributed by atoms with Crippen LogP contribution in [0.15, 0.2) is 36.5 Å². The Bertz CT molecular complexity index is 2140. The van der Waals surface area contributed by atoms with Crippen LogP contribution in [0.3, 0.4) is 0 Å². The number of hydrogen-bond donors (Lipinski definition) is 3. The number of allylic oxidation sites excluding steroid dienone is 1. The summed E-state index contributed by atoms with van der Waals surface area (Å²) in [7, 11) is -4.01. The zero-order chi connectivity index (χ0) is 38.4. The fraction of sp³-hybridized carbons (Fsp3) is 0.541. The van der Waals surface area contributed by atoms with E-state index in [0.29, 0.717) is 49.7 Å². The van der Waals surface area contributed by atoms with Gasteiger partial charge in [-0.15, -0.1) is 11.3 Å². The number of benzene rings is 1. The molecule has 4 aliphatic rings. The lowest BCUT2D eigenvalue weighted by molar-refractivity contribution is -0.141. The van der Waals surface area contributed by atoms with Crippen molar-refractivity contribution >= 4 is 56.0 Å².